The van der Waals surface area contributed by atoms with Crippen molar-refractivity contribution in [2.45, 2.75) is 0 Å². The van der Waals surface area contributed by atoms with Gasteiger partial charge in [0.15, 0.2) is 10.9 Å². The molecule has 0 aliphatic rings. The molecule has 0 amide bonds. The highest BCUT2D eigenvalue weighted by Crippen LogP contribution is 2.41. The van der Waals surface area contributed by atoms with Crippen LogP contribution in [0, 0.1) is 0 Å². The standard InChI is InChI=1S/C20H10O2/c21-15-9-10-16(22)20-18-12-6-2-1-5-11(12)17(19(15)20)13-7-3-4-8-14(13)18/h1-10H. The van der Waals surface area contributed by atoms with E-state index in [0.29, 0.717) is 10.8 Å². The minimum Gasteiger partial charge on any atom is -0.289 e. The van der Waals surface area contributed by atoms with E-state index < -0.39 is 0 Å². The molecule has 2 heteroatoms. The zero-order valence-corrected chi connectivity index (χ0v) is 11.6. The van der Waals surface area contributed by atoms with Crippen LogP contribution in [0.1, 0.15) is 0 Å². The van der Waals surface area contributed by atoms with Gasteiger partial charge in [0.2, 0.25) is 0 Å². The van der Waals surface area contributed by atoms with Crippen LogP contribution >= 0.6 is 0 Å². The fourth-order valence-corrected chi connectivity index (χ4v) is 3.73. The van der Waals surface area contributed by atoms with Gasteiger partial charge in [0.1, 0.15) is 0 Å². The van der Waals surface area contributed by atoms with Gasteiger partial charge in [0, 0.05) is 21.5 Å². The molecule has 22 heavy (non-hydrogen) atoms. The quantitative estimate of drug-likeness (QED) is 0.404. The van der Waals surface area contributed by atoms with Gasteiger partial charge < -0.3 is 0 Å². The maximum atomic E-state index is 12.5. The first-order valence-electron chi connectivity index (χ1n) is 7.22. The molecular weight excluding hydrogens is 272 g/mol. The predicted molar refractivity (Wildman–Crippen MR) is 91.4 cm³/mol. The van der Waals surface area contributed by atoms with Crippen LogP contribution in [-0.4, -0.2) is 0 Å². The van der Waals surface area contributed by atoms with Crippen molar-refractivity contribution in [3.63, 3.8) is 0 Å². The largest absolute Gasteiger partial charge is 0.289 e. The van der Waals surface area contributed by atoms with Gasteiger partial charge in [-0.25, -0.2) is 0 Å². The average molecular weight is 282 g/mol. The van der Waals surface area contributed by atoms with Gasteiger partial charge in [0.25, 0.3) is 0 Å². The molecule has 0 unspecified atom stereocenters. The Bertz CT molecular complexity index is 1140. The summed E-state index contributed by atoms with van der Waals surface area (Å²) in [6.45, 7) is 0. The van der Waals surface area contributed by atoms with E-state index in [0.717, 1.165) is 32.3 Å². The molecule has 0 atom stereocenters. The summed E-state index contributed by atoms with van der Waals surface area (Å²) in [5.41, 5.74) is -0.155. The second kappa shape index (κ2) is 3.80. The summed E-state index contributed by atoms with van der Waals surface area (Å²) < 4.78 is 0. The van der Waals surface area contributed by atoms with E-state index in [1.807, 2.05) is 48.5 Å². The van der Waals surface area contributed by atoms with Crippen molar-refractivity contribution < 1.29 is 0 Å². The fourth-order valence-electron chi connectivity index (χ4n) is 3.73. The van der Waals surface area contributed by atoms with Gasteiger partial charge in [-0.05, 0) is 33.7 Å². The van der Waals surface area contributed by atoms with Gasteiger partial charge >= 0.3 is 0 Å². The van der Waals surface area contributed by atoms with Crippen molar-refractivity contribution in [2.24, 2.45) is 0 Å². The van der Waals surface area contributed by atoms with Crippen molar-refractivity contribution in [1.29, 1.82) is 0 Å². The third-order valence-corrected chi connectivity index (χ3v) is 4.56. The van der Waals surface area contributed by atoms with Gasteiger partial charge in [0.05, 0.1) is 0 Å². The molecule has 0 N–H and O–H groups in total. The Labute approximate surface area is 124 Å². The van der Waals surface area contributed by atoms with Crippen LogP contribution in [0.5, 0.6) is 0 Å². The molecule has 0 saturated heterocycles. The van der Waals surface area contributed by atoms with Crippen LogP contribution in [0.3, 0.4) is 0 Å². The Hall–Kier alpha value is -3.00. The molecule has 0 aliphatic carbocycles. The van der Waals surface area contributed by atoms with Gasteiger partial charge in [-0.15, -0.1) is 0 Å². The monoisotopic (exact) mass is 282 g/mol. The predicted octanol–water partition coefficient (Wildman–Crippen LogP) is 3.90. The molecule has 0 heterocycles. The van der Waals surface area contributed by atoms with Crippen LogP contribution in [0.2, 0.25) is 0 Å². The van der Waals surface area contributed by atoms with Crippen LogP contribution in [0.25, 0.3) is 43.1 Å². The summed E-state index contributed by atoms with van der Waals surface area (Å²) >= 11 is 0. The highest BCUT2D eigenvalue weighted by Gasteiger charge is 2.19. The lowest BCUT2D eigenvalue weighted by Crippen LogP contribution is -2.11. The average Bonchev–Trinajstić information content (AvgIpc) is 2.58. The summed E-state index contributed by atoms with van der Waals surface area (Å²) in [5.74, 6) is 0. The molecule has 2 bridgehead atoms. The normalized spacial score (nSPS) is 12.0. The first kappa shape index (κ1) is 11.6. The SMILES string of the molecule is O=c1ccc(=O)c2c1c1c3ccccc3c2c2ccccc21. The molecule has 0 radical (unpaired) electrons. The van der Waals surface area contributed by atoms with Crippen LogP contribution < -0.4 is 10.9 Å². The van der Waals surface area contributed by atoms with Crippen molar-refractivity contribution >= 4 is 43.1 Å². The lowest BCUT2D eigenvalue weighted by atomic mass is 9.86. The Morgan fingerprint density at radius 2 is 0.727 bits per heavy atom. The topological polar surface area (TPSA) is 34.1 Å². The van der Waals surface area contributed by atoms with Crippen LogP contribution in [0.15, 0.2) is 70.3 Å². The first-order valence-corrected chi connectivity index (χ1v) is 7.22. The molecule has 6 aromatic rings. The van der Waals surface area contributed by atoms with E-state index in [1.165, 1.54) is 12.1 Å². The van der Waals surface area contributed by atoms with Gasteiger partial charge in [-0.1, -0.05) is 48.5 Å². The Morgan fingerprint density at radius 3 is 1.05 bits per heavy atom. The third-order valence-electron chi connectivity index (χ3n) is 4.56. The van der Waals surface area contributed by atoms with E-state index in [1.54, 1.807) is 0 Å². The molecular formula is C20H10O2. The Balaban J connectivity index is 2.41. The van der Waals surface area contributed by atoms with Gasteiger partial charge in [-0.3, -0.25) is 9.59 Å². The molecule has 2 nitrogen and oxygen atoms in total. The van der Waals surface area contributed by atoms with E-state index in [4.69, 9.17) is 0 Å². The molecule has 0 spiro atoms. The molecule has 0 saturated carbocycles. The fraction of sp³-hybridized carbons (Fsp3) is 0. The minimum absolute atomic E-state index is 0.0777. The number of hydrogen-bond donors (Lipinski definition) is 0. The smallest absolute Gasteiger partial charge is 0.187 e. The molecule has 6 rings (SSSR count). The summed E-state index contributed by atoms with van der Waals surface area (Å²) in [4.78, 5) is 24.9. The molecule has 102 valence electrons. The van der Waals surface area contributed by atoms with Crippen molar-refractivity contribution in [1.82, 2.24) is 0 Å². The summed E-state index contributed by atoms with van der Waals surface area (Å²) in [5, 5.41) is 7.13. The summed E-state index contributed by atoms with van der Waals surface area (Å²) in [6, 6.07) is 18.8. The van der Waals surface area contributed by atoms with E-state index in [-0.39, 0.29) is 10.9 Å². The third kappa shape index (κ3) is 1.21. The molecule has 6 aromatic carbocycles. The second-order valence-corrected chi connectivity index (χ2v) is 5.65. The minimum atomic E-state index is -0.0777. The maximum Gasteiger partial charge on any atom is 0.187 e. The van der Waals surface area contributed by atoms with Crippen molar-refractivity contribution in [2.75, 3.05) is 0 Å². The zero-order chi connectivity index (χ0) is 14.8. The van der Waals surface area contributed by atoms with E-state index in [9.17, 15) is 9.59 Å². The number of hydrogen-bond acceptors (Lipinski definition) is 2. The van der Waals surface area contributed by atoms with E-state index in [2.05, 4.69) is 0 Å². The molecule has 0 aromatic heterocycles. The lowest BCUT2D eigenvalue weighted by Gasteiger charge is -2.16. The lowest BCUT2D eigenvalue weighted by molar-refractivity contribution is 1.63. The maximum absolute atomic E-state index is 12.5. The summed E-state index contributed by atoms with van der Waals surface area (Å²) in [6.07, 6.45) is 0. The summed E-state index contributed by atoms with van der Waals surface area (Å²) in [7, 11) is 0. The first-order chi connectivity index (χ1) is 10.8. The van der Waals surface area contributed by atoms with Crippen LogP contribution in [0.4, 0.5) is 0 Å². The van der Waals surface area contributed by atoms with Gasteiger partial charge in [-0.2, -0.15) is 0 Å². The number of benzene rings is 6. The van der Waals surface area contributed by atoms with Crippen molar-refractivity contribution in [3.8, 4) is 0 Å². The van der Waals surface area contributed by atoms with Crippen molar-refractivity contribution in [3.05, 3.63) is 81.1 Å². The highest BCUT2D eigenvalue weighted by molar-refractivity contribution is 6.39. The van der Waals surface area contributed by atoms with Crippen LogP contribution in [-0.2, 0) is 0 Å². The zero-order valence-electron chi connectivity index (χ0n) is 11.6. The molecule has 0 aliphatic heterocycles. The second-order valence-electron chi connectivity index (χ2n) is 5.65. The molecule has 0 fully saturated rings. The Morgan fingerprint density at radius 1 is 0.409 bits per heavy atom. The van der Waals surface area contributed by atoms with E-state index >= 15 is 0 Å². The Kier molecular flexibility index (Phi) is 2.01. The highest BCUT2D eigenvalue weighted by atomic mass is 16.1. The number of rotatable bonds is 0.